The van der Waals surface area contributed by atoms with Gasteiger partial charge in [0.05, 0.1) is 18.3 Å². The SMILES string of the molecule is CN(CCCNC(=O)N1CCCC1CO)c1ccccc1F. The number of aliphatic hydroxyl groups excluding tert-OH is 1. The van der Waals surface area contributed by atoms with E-state index in [2.05, 4.69) is 5.32 Å². The summed E-state index contributed by atoms with van der Waals surface area (Å²) in [6.07, 6.45) is 2.53. The molecule has 1 unspecified atom stereocenters. The summed E-state index contributed by atoms with van der Waals surface area (Å²) in [7, 11) is 1.84. The Morgan fingerprint density at radius 2 is 2.27 bits per heavy atom. The Morgan fingerprint density at radius 1 is 1.50 bits per heavy atom. The van der Waals surface area contributed by atoms with Gasteiger partial charge >= 0.3 is 6.03 Å². The smallest absolute Gasteiger partial charge is 0.317 e. The van der Waals surface area contributed by atoms with Crippen molar-refractivity contribution in [2.75, 3.05) is 38.2 Å². The molecule has 22 heavy (non-hydrogen) atoms. The van der Waals surface area contributed by atoms with Crippen LogP contribution in [0.15, 0.2) is 24.3 Å². The third-order valence-corrected chi connectivity index (χ3v) is 4.06. The molecule has 6 heteroatoms. The van der Waals surface area contributed by atoms with E-state index in [-0.39, 0.29) is 24.5 Å². The summed E-state index contributed by atoms with van der Waals surface area (Å²) >= 11 is 0. The molecule has 0 saturated carbocycles. The highest BCUT2D eigenvalue weighted by Crippen LogP contribution is 2.17. The highest BCUT2D eigenvalue weighted by Gasteiger charge is 2.27. The first-order valence-corrected chi connectivity index (χ1v) is 7.74. The Hall–Kier alpha value is -1.82. The molecule has 2 rings (SSSR count). The van der Waals surface area contributed by atoms with Gasteiger partial charge in [0, 0.05) is 26.7 Å². The predicted molar refractivity (Wildman–Crippen MR) is 84.5 cm³/mol. The molecular weight excluding hydrogens is 285 g/mol. The highest BCUT2D eigenvalue weighted by molar-refractivity contribution is 5.74. The van der Waals surface area contributed by atoms with E-state index in [1.807, 2.05) is 11.9 Å². The van der Waals surface area contributed by atoms with Gasteiger partial charge in [0.2, 0.25) is 0 Å². The zero-order valence-electron chi connectivity index (χ0n) is 13.0. The summed E-state index contributed by atoms with van der Waals surface area (Å²) in [4.78, 5) is 15.5. The van der Waals surface area contributed by atoms with Crippen LogP contribution in [0, 0.1) is 5.82 Å². The van der Waals surface area contributed by atoms with Gasteiger partial charge in [-0.1, -0.05) is 12.1 Å². The number of urea groups is 1. The van der Waals surface area contributed by atoms with E-state index in [9.17, 15) is 14.3 Å². The molecule has 2 N–H and O–H groups in total. The number of hydrogen-bond donors (Lipinski definition) is 2. The maximum absolute atomic E-state index is 13.6. The standard InChI is InChI=1S/C16H24FN3O2/c1-19(15-8-3-2-7-14(15)17)10-5-9-18-16(22)20-11-4-6-13(20)12-21/h2-3,7-8,13,21H,4-6,9-12H2,1H3,(H,18,22). The van der Waals surface area contributed by atoms with Gasteiger partial charge < -0.3 is 20.2 Å². The van der Waals surface area contributed by atoms with Crippen LogP contribution in [0.4, 0.5) is 14.9 Å². The van der Waals surface area contributed by atoms with Crippen molar-refractivity contribution in [1.82, 2.24) is 10.2 Å². The van der Waals surface area contributed by atoms with Gasteiger partial charge in [0.25, 0.3) is 0 Å². The molecule has 1 aromatic carbocycles. The average molecular weight is 309 g/mol. The van der Waals surface area contributed by atoms with Crippen molar-refractivity contribution in [2.24, 2.45) is 0 Å². The van der Waals surface area contributed by atoms with E-state index in [0.717, 1.165) is 19.3 Å². The lowest BCUT2D eigenvalue weighted by Gasteiger charge is -2.24. The summed E-state index contributed by atoms with van der Waals surface area (Å²) in [6.45, 7) is 1.91. The van der Waals surface area contributed by atoms with E-state index in [1.54, 1.807) is 23.1 Å². The fraction of sp³-hybridized carbons (Fsp3) is 0.562. The molecule has 1 aromatic rings. The summed E-state index contributed by atoms with van der Waals surface area (Å²) in [5.74, 6) is -0.239. The number of nitrogens with zero attached hydrogens (tertiary/aromatic N) is 2. The van der Waals surface area contributed by atoms with Crippen molar-refractivity contribution in [1.29, 1.82) is 0 Å². The van der Waals surface area contributed by atoms with Crippen LogP contribution in [0.3, 0.4) is 0 Å². The first kappa shape index (κ1) is 16.5. The Morgan fingerprint density at radius 3 is 3.00 bits per heavy atom. The van der Waals surface area contributed by atoms with Crippen LogP contribution < -0.4 is 10.2 Å². The largest absolute Gasteiger partial charge is 0.394 e. The molecule has 0 bridgehead atoms. The number of anilines is 1. The molecular formula is C16H24FN3O2. The molecule has 0 aliphatic carbocycles. The maximum atomic E-state index is 13.6. The maximum Gasteiger partial charge on any atom is 0.317 e. The van der Waals surface area contributed by atoms with Crippen molar-refractivity contribution < 1.29 is 14.3 Å². The minimum absolute atomic E-state index is 0.0173. The fourth-order valence-corrected chi connectivity index (χ4v) is 2.79. The van der Waals surface area contributed by atoms with Gasteiger partial charge in [-0.05, 0) is 31.4 Å². The van der Waals surface area contributed by atoms with Crippen LogP contribution in [0.2, 0.25) is 0 Å². The monoisotopic (exact) mass is 309 g/mol. The molecule has 1 heterocycles. The number of hydrogen-bond acceptors (Lipinski definition) is 3. The van der Waals surface area contributed by atoms with E-state index in [4.69, 9.17) is 0 Å². The Kier molecular flexibility index (Phi) is 6.00. The Labute approximate surface area is 130 Å². The summed E-state index contributed by atoms with van der Waals surface area (Å²) < 4.78 is 13.6. The van der Waals surface area contributed by atoms with Crippen molar-refractivity contribution >= 4 is 11.7 Å². The van der Waals surface area contributed by atoms with Crippen LogP contribution in [-0.4, -0.2) is 55.4 Å². The zero-order chi connectivity index (χ0) is 15.9. The summed E-state index contributed by atoms with van der Waals surface area (Å²) in [5.41, 5.74) is 0.564. The van der Waals surface area contributed by atoms with Crippen LogP contribution in [0.1, 0.15) is 19.3 Å². The Balaban J connectivity index is 1.71. The number of carbonyl (C=O) groups excluding carboxylic acids is 1. The third kappa shape index (κ3) is 4.10. The van der Waals surface area contributed by atoms with Gasteiger partial charge in [-0.25, -0.2) is 9.18 Å². The van der Waals surface area contributed by atoms with Crippen LogP contribution >= 0.6 is 0 Å². The first-order valence-electron chi connectivity index (χ1n) is 7.74. The number of benzene rings is 1. The number of aliphatic hydroxyl groups is 1. The second-order valence-electron chi connectivity index (χ2n) is 5.63. The molecule has 0 radical (unpaired) electrons. The van der Waals surface area contributed by atoms with Crippen molar-refractivity contribution in [3.8, 4) is 0 Å². The van der Waals surface area contributed by atoms with Crippen molar-refractivity contribution in [2.45, 2.75) is 25.3 Å². The van der Waals surface area contributed by atoms with Crippen molar-refractivity contribution in [3.63, 3.8) is 0 Å². The number of likely N-dealkylation sites (tertiary alicyclic amines) is 1. The molecule has 1 fully saturated rings. The van der Waals surface area contributed by atoms with Gasteiger partial charge in [0.1, 0.15) is 5.82 Å². The molecule has 1 aliphatic heterocycles. The second kappa shape index (κ2) is 7.98. The van der Waals surface area contributed by atoms with Gasteiger partial charge in [-0.3, -0.25) is 0 Å². The lowest BCUT2D eigenvalue weighted by molar-refractivity contribution is 0.157. The fourth-order valence-electron chi connectivity index (χ4n) is 2.79. The van der Waals surface area contributed by atoms with Crippen LogP contribution in [0.5, 0.6) is 0 Å². The van der Waals surface area contributed by atoms with Crippen LogP contribution in [0.25, 0.3) is 0 Å². The normalized spacial score (nSPS) is 17.6. The zero-order valence-corrected chi connectivity index (χ0v) is 13.0. The summed E-state index contributed by atoms with van der Waals surface area (Å²) in [6, 6.07) is 6.48. The number of para-hydroxylation sites is 1. The molecule has 1 saturated heterocycles. The second-order valence-corrected chi connectivity index (χ2v) is 5.63. The lowest BCUT2D eigenvalue weighted by Crippen LogP contribution is -2.44. The van der Waals surface area contributed by atoms with Gasteiger partial charge in [0.15, 0.2) is 0 Å². The predicted octanol–water partition coefficient (Wildman–Crippen LogP) is 1.82. The minimum atomic E-state index is -0.239. The van der Waals surface area contributed by atoms with Gasteiger partial charge in [-0.15, -0.1) is 0 Å². The highest BCUT2D eigenvalue weighted by atomic mass is 19.1. The van der Waals surface area contributed by atoms with Crippen molar-refractivity contribution in [3.05, 3.63) is 30.1 Å². The van der Waals surface area contributed by atoms with E-state index < -0.39 is 0 Å². The average Bonchev–Trinajstić information content (AvgIpc) is 3.00. The van der Waals surface area contributed by atoms with Crippen LogP contribution in [-0.2, 0) is 0 Å². The van der Waals surface area contributed by atoms with E-state index >= 15 is 0 Å². The molecule has 0 spiro atoms. The molecule has 0 aromatic heterocycles. The number of carbonyl (C=O) groups is 1. The molecule has 1 atom stereocenters. The summed E-state index contributed by atoms with van der Waals surface area (Å²) in [5, 5.41) is 12.1. The molecule has 122 valence electrons. The quantitative estimate of drug-likeness (QED) is 0.788. The lowest BCUT2D eigenvalue weighted by atomic mass is 10.2. The van der Waals surface area contributed by atoms with E-state index in [1.165, 1.54) is 6.07 Å². The first-order chi connectivity index (χ1) is 10.6. The van der Waals surface area contributed by atoms with Gasteiger partial charge in [-0.2, -0.15) is 0 Å². The molecule has 5 nitrogen and oxygen atoms in total. The Bertz CT molecular complexity index is 498. The number of rotatable bonds is 6. The minimum Gasteiger partial charge on any atom is -0.394 e. The molecule has 2 amide bonds. The topological polar surface area (TPSA) is 55.8 Å². The number of nitrogens with one attached hydrogen (secondary N) is 1. The number of amides is 2. The molecule has 1 aliphatic rings. The van der Waals surface area contributed by atoms with E-state index in [0.29, 0.717) is 25.3 Å². The third-order valence-electron chi connectivity index (χ3n) is 4.06. The number of halogens is 1.